The van der Waals surface area contributed by atoms with Crippen LogP contribution in [-0.2, 0) is 7.05 Å². The second-order valence-electron chi connectivity index (χ2n) is 3.04. The molecule has 0 unspecified atom stereocenters. The lowest BCUT2D eigenvalue weighted by atomic mass is 10.1. The topological polar surface area (TPSA) is 41.6 Å². The Balaban J connectivity index is 2.52. The van der Waals surface area contributed by atoms with Gasteiger partial charge >= 0.3 is 0 Å². The molecule has 1 aromatic heterocycles. The van der Waals surface area contributed by atoms with Crippen LogP contribution in [0.15, 0.2) is 41.4 Å². The zero-order valence-electron chi connectivity index (χ0n) is 8.21. The summed E-state index contributed by atoms with van der Waals surface area (Å²) in [6.07, 6.45) is 1.72. The largest absolute Gasteiger partial charge is 0.267 e. The number of rotatable bonds is 2. The number of aromatic nitrogens is 2. The number of nitrogens with zero attached hydrogens (tertiary/aromatic N) is 3. The van der Waals surface area contributed by atoms with E-state index in [1.54, 1.807) is 10.9 Å². The van der Waals surface area contributed by atoms with Gasteiger partial charge in [-0.05, 0) is 11.8 Å². The zero-order chi connectivity index (χ0) is 10.7. The molecule has 0 atom stereocenters. The van der Waals surface area contributed by atoms with Crippen LogP contribution in [0.4, 0.5) is 0 Å². The number of hydrogen-bond acceptors (Lipinski definition) is 3. The summed E-state index contributed by atoms with van der Waals surface area (Å²) < 4.78 is 1.79. The van der Waals surface area contributed by atoms with Crippen molar-refractivity contribution < 1.29 is 0 Å². The predicted octanol–water partition coefficient (Wildman–Crippen LogP) is 2.66. The van der Waals surface area contributed by atoms with Crippen LogP contribution in [0.5, 0.6) is 0 Å². The molecular formula is C11H9N3S. The van der Waals surface area contributed by atoms with Crippen molar-refractivity contribution in [2.45, 2.75) is 4.90 Å². The minimum atomic E-state index is 0.895. The number of hydrogen-bond donors (Lipinski definition) is 0. The van der Waals surface area contributed by atoms with E-state index in [4.69, 9.17) is 5.26 Å². The van der Waals surface area contributed by atoms with Gasteiger partial charge in [0.25, 0.3) is 0 Å². The number of thioether (sulfide) groups is 1. The van der Waals surface area contributed by atoms with Crippen molar-refractivity contribution in [1.29, 1.82) is 5.26 Å². The third-order valence-electron chi connectivity index (χ3n) is 2.11. The molecule has 0 aliphatic heterocycles. The zero-order valence-corrected chi connectivity index (χ0v) is 9.03. The summed E-state index contributed by atoms with van der Waals surface area (Å²) in [7, 11) is 1.88. The predicted molar refractivity (Wildman–Crippen MR) is 60.1 cm³/mol. The number of nitriles is 1. The Kier molecular flexibility index (Phi) is 2.75. The number of benzene rings is 1. The Hall–Kier alpha value is -1.73. The second kappa shape index (κ2) is 4.20. The monoisotopic (exact) mass is 215 g/mol. The number of aryl methyl sites for hydroxylation is 1. The van der Waals surface area contributed by atoms with Crippen molar-refractivity contribution in [2.75, 3.05) is 0 Å². The van der Waals surface area contributed by atoms with Gasteiger partial charge in [0, 0.05) is 12.6 Å². The number of thiocyanates is 1. The molecule has 2 aromatic rings. The summed E-state index contributed by atoms with van der Waals surface area (Å²) in [6, 6.07) is 9.94. The van der Waals surface area contributed by atoms with Gasteiger partial charge in [-0.15, -0.1) is 0 Å². The fourth-order valence-electron chi connectivity index (χ4n) is 1.47. The molecule has 0 fully saturated rings. The molecular weight excluding hydrogens is 206 g/mol. The Labute approximate surface area is 92.3 Å². The summed E-state index contributed by atoms with van der Waals surface area (Å²) in [6.45, 7) is 0. The van der Waals surface area contributed by atoms with Crippen molar-refractivity contribution in [3.05, 3.63) is 36.5 Å². The summed E-state index contributed by atoms with van der Waals surface area (Å²) in [4.78, 5) is 0.895. The molecule has 0 spiro atoms. The van der Waals surface area contributed by atoms with Crippen LogP contribution < -0.4 is 0 Å². The molecule has 15 heavy (non-hydrogen) atoms. The van der Waals surface area contributed by atoms with E-state index in [-0.39, 0.29) is 0 Å². The van der Waals surface area contributed by atoms with Crippen LogP contribution in [0.2, 0.25) is 0 Å². The van der Waals surface area contributed by atoms with Gasteiger partial charge in [-0.3, -0.25) is 4.68 Å². The van der Waals surface area contributed by atoms with Gasteiger partial charge in [0.1, 0.15) is 5.40 Å². The van der Waals surface area contributed by atoms with Crippen LogP contribution in [0, 0.1) is 10.7 Å². The van der Waals surface area contributed by atoms with Crippen LogP contribution in [0.1, 0.15) is 0 Å². The van der Waals surface area contributed by atoms with Crippen LogP contribution in [0.3, 0.4) is 0 Å². The fourth-order valence-corrected chi connectivity index (χ4v) is 2.01. The van der Waals surface area contributed by atoms with Crippen molar-refractivity contribution >= 4 is 11.8 Å². The smallest absolute Gasteiger partial charge is 0.138 e. The first-order valence-electron chi connectivity index (χ1n) is 4.46. The highest BCUT2D eigenvalue weighted by Gasteiger charge is 2.10. The van der Waals surface area contributed by atoms with Crippen LogP contribution in [-0.4, -0.2) is 9.78 Å². The van der Waals surface area contributed by atoms with E-state index in [2.05, 4.69) is 10.5 Å². The molecule has 4 heteroatoms. The van der Waals surface area contributed by atoms with Gasteiger partial charge < -0.3 is 0 Å². The molecule has 0 amide bonds. The fraction of sp³-hybridized carbons (Fsp3) is 0.0909. The lowest BCUT2D eigenvalue weighted by molar-refractivity contribution is 0.775. The molecule has 0 radical (unpaired) electrons. The van der Waals surface area contributed by atoms with Crippen LogP contribution in [0.25, 0.3) is 11.3 Å². The molecule has 2 rings (SSSR count). The van der Waals surface area contributed by atoms with Crippen molar-refractivity contribution in [1.82, 2.24) is 9.78 Å². The summed E-state index contributed by atoms with van der Waals surface area (Å²) >= 11 is 1.14. The van der Waals surface area contributed by atoms with E-state index in [0.717, 1.165) is 27.9 Å². The molecule has 1 aromatic carbocycles. The molecule has 0 saturated heterocycles. The Morgan fingerprint density at radius 2 is 2.07 bits per heavy atom. The third kappa shape index (κ3) is 1.88. The van der Waals surface area contributed by atoms with Crippen molar-refractivity contribution in [3.8, 4) is 16.7 Å². The van der Waals surface area contributed by atoms with E-state index in [1.165, 1.54) is 0 Å². The van der Waals surface area contributed by atoms with Crippen molar-refractivity contribution in [2.24, 2.45) is 7.05 Å². The Morgan fingerprint density at radius 1 is 1.33 bits per heavy atom. The maximum atomic E-state index is 8.68. The van der Waals surface area contributed by atoms with Gasteiger partial charge in [0.2, 0.25) is 0 Å². The lowest BCUT2D eigenvalue weighted by Crippen LogP contribution is -1.93. The first kappa shape index (κ1) is 9.81. The highest BCUT2D eigenvalue weighted by atomic mass is 32.2. The SMILES string of the molecule is Cn1ncc(SC#N)c1-c1ccccc1. The second-order valence-corrected chi connectivity index (χ2v) is 3.87. The third-order valence-corrected chi connectivity index (χ3v) is 2.72. The minimum Gasteiger partial charge on any atom is -0.267 e. The van der Waals surface area contributed by atoms with E-state index in [0.29, 0.717) is 0 Å². The molecule has 0 aliphatic carbocycles. The average molecular weight is 215 g/mol. The standard InChI is InChI=1S/C11H9N3S/c1-14-11(9-5-3-2-4-6-9)10(7-13-14)15-8-12/h2-7H,1H3. The molecule has 74 valence electrons. The Morgan fingerprint density at radius 3 is 2.73 bits per heavy atom. The van der Waals surface area contributed by atoms with E-state index in [1.807, 2.05) is 37.4 Å². The highest BCUT2D eigenvalue weighted by molar-refractivity contribution is 8.03. The summed E-state index contributed by atoms with van der Waals surface area (Å²) in [5, 5.41) is 14.9. The first-order chi connectivity index (χ1) is 7.33. The lowest BCUT2D eigenvalue weighted by Gasteiger charge is -2.03. The quantitative estimate of drug-likeness (QED) is 0.571. The normalized spacial score (nSPS) is 9.87. The van der Waals surface area contributed by atoms with E-state index >= 15 is 0 Å². The van der Waals surface area contributed by atoms with Gasteiger partial charge in [-0.25, -0.2) is 0 Å². The van der Waals surface area contributed by atoms with Gasteiger partial charge in [-0.2, -0.15) is 10.4 Å². The molecule has 1 heterocycles. The van der Waals surface area contributed by atoms with Crippen molar-refractivity contribution in [3.63, 3.8) is 0 Å². The molecule has 0 aliphatic rings. The molecule has 3 nitrogen and oxygen atoms in total. The van der Waals surface area contributed by atoms with Gasteiger partial charge in [-0.1, -0.05) is 30.3 Å². The van der Waals surface area contributed by atoms with E-state index in [9.17, 15) is 0 Å². The maximum Gasteiger partial charge on any atom is 0.138 e. The van der Waals surface area contributed by atoms with E-state index < -0.39 is 0 Å². The first-order valence-corrected chi connectivity index (χ1v) is 5.28. The molecule has 0 bridgehead atoms. The van der Waals surface area contributed by atoms with Gasteiger partial charge in [0.05, 0.1) is 16.8 Å². The van der Waals surface area contributed by atoms with Crippen LogP contribution >= 0.6 is 11.8 Å². The summed E-state index contributed by atoms with van der Waals surface area (Å²) in [5.74, 6) is 0. The molecule has 0 N–H and O–H groups in total. The van der Waals surface area contributed by atoms with Gasteiger partial charge in [0.15, 0.2) is 0 Å². The molecule has 0 saturated carbocycles. The Bertz CT molecular complexity index is 496. The summed E-state index contributed by atoms with van der Waals surface area (Å²) in [5.41, 5.74) is 2.07. The highest BCUT2D eigenvalue weighted by Crippen LogP contribution is 2.29. The minimum absolute atomic E-state index is 0.895. The average Bonchev–Trinajstić information content (AvgIpc) is 2.62. The maximum absolute atomic E-state index is 8.68.